The van der Waals surface area contributed by atoms with Crippen molar-refractivity contribution in [3.8, 4) is 5.75 Å². The number of anilines is 1. The highest BCUT2D eigenvalue weighted by Crippen LogP contribution is 2.36. The quantitative estimate of drug-likeness (QED) is 0.385. The number of aliphatic hydroxyl groups is 1. The zero-order valence-electron chi connectivity index (χ0n) is 15.9. The maximum Gasteiger partial charge on any atom is 0.197 e. The van der Waals surface area contributed by atoms with Gasteiger partial charge in [0.05, 0.1) is 12.2 Å². The van der Waals surface area contributed by atoms with E-state index >= 15 is 0 Å². The van der Waals surface area contributed by atoms with Gasteiger partial charge >= 0.3 is 0 Å². The second-order valence-corrected chi connectivity index (χ2v) is 7.59. The summed E-state index contributed by atoms with van der Waals surface area (Å²) in [5, 5.41) is 9.55. The average Bonchev–Trinajstić information content (AvgIpc) is 3.01. The van der Waals surface area contributed by atoms with Crippen LogP contribution in [0, 0.1) is 0 Å². The molecule has 5 heteroatoms. The Bertz CT molecular complexity index is 949. The van der Waals surface area contributed by atoms with Gasteiger partial charge in [0, 0.05) is 35.1 Å². The van der Waals surface area contributed by atoms with Crippen molar-refractivity contribution < 1.29 is 19.1 Å². The van der Waals surface area contributed by atoms with E-state index in [-0.39, 0.29) is 17.8 Å². The van der Waals surface area contributed by atoms with E-state index in [9.17, 15) is 4.79 Å². The number of hydrogen-bond acceptors (Lipinski definition) is 5. The topological polar surface area (TPSA) is 85.7 Å². The number of nitrogens with two attached hydrogens (primary N) is 1. The fourth-order valence-electron chi connectivity index (χ4n) is 2.97. The number of carbonyl (C=O) groups is 1. The molecule has 27 heavy (non-hydrogen) atoms. The Kier molecular flexibility index (Phi) is 5.24. The van der Waals surface area contributed by atoms with Crippen molar-refractivity contribution in [3.05, 3.63) is 59.4 Å². The number of ketones is 1. The summed E-state index contributed by atoms with van der Waals surface area (Å²) in [5.74, 6) is 1.21. The fraction of sp³-hybridized carbons (Fsp3) is 0.318. The van der Waals surface area contributed by atoms with Crippen LogP contribution in [0.1, 0.15) is 48.9 Å². The second-order valence-electron chi connectivity index (χ2n) is 7.59. The summed E-state index contributed by atoms with van der Waals surface area (Å²) in [6.45, 7) is 6.57. The lowest BCUT2D eigenvalue weighted by Gasteiger charge is -2.17. The molecule has 0 saturated heterocycles. The molecule has 3 rings (SSSR count). The summed E-state index contributed by atoms with van der Waals surface area (Å²) < 4.78 is 11.6. The number of aliphatic hydroxyl groups excluding tert-OH is 1. The minimum Gasteiger partial charge on any atom is -0.494 e. The predicted octanol–water partition coefficient (Wildman–Crippen LogP) is 4.30. The van der Waals surface area contributed by atoms with Crippen LogP contribution in [0.25, 0.3) is 11.0 Å². The van der Waals surface area contributed by atoms with Crippen LogP contribution in [-0.2, 0) is 5.41 Å². The van der Waals surface area contributed by atoms with Gasteiger partial charge in [-0.1, -0.05) is 20.8 Å². The molecule has 1 heterocycles. The van der Waals surface area contributed by atoms with Crippen molar-refractivity contribution in [2.45, 2.75) is 32.6 Å². The SMILES string of the molecule is CC(C)(C)c1oc2ccc(N)cc2c1C(=O)c1ccc(OCCCO)cc1. The Hall–Kier alpha value is -2.79. The first kappa shape index (κ1) is 19.0. The van der Waals surface area contributed by atoms with Gasteiger partial charge < -0.3 is 20.0 Å². The molecule has 0 saturated carbocycles. The molecule has 0 aliphatic carbocycles. The van der Waals surface area contributed by atoms with Crippen molar-refractivity contribution in [1.29, 1.82) is 0 Å². The van der Waals surface area contributed by atoms with Gasteiger partial charge in [-0.25, -0.2) is 0 Å². The van der Waals surface area contributed by atoms with Gasteiger partial charge in [-0.3, -0.25) is 4.79 Å². The van der Waals surface area contributed by atoms with E-state index in [2.05, 4.69) is 0 Å². The lowest BCUT2D eigenvalue weighted by Crippen LogP contribution is -2.15. The molecule has 0 aliphatic rings. The summed E-state index contributed by atoms with van der Waals surface area (Å²) in [5.41, 5.74) is 7.97. The van der Waals surface area contributed by atoms with Crippen LogP contribution in [0.5, 0.6) is 5.75 Å². The van der Waals surface area contributed by atoms with E-state index in [1.807, 2.05) is 20.8 Å². The van der Waals surface area contributed by atoms with Crippen molar-refractivity contribution in [1.82, 2.24) is 0 Å². The average molecular weight is 367 g/mol. The fourth-order valence-corrected chi connectivity index (χ4v) is 2.97. The minimum atomic E-state index is -0.327. The number of carbonyl (C=O) groups excluding carboxylic acids is 1. The van der Waals surface area contributed by atoms with Gasteiger partial charge in [-0.2, -0.15) is 0 Å². The van der Waals surface area contributed by atoms with Crippen LogP contribution in [0.4, 0.5) is 5.69 Å². The molecule has 0 radical (unpaired) electrons. The summed E-state index contributed by atoms with van der Waals surface area (Å²) in [7, 11) is 0. The smallest absolute Gasteiger partial charge is 0.197 e. The van der Waals surface area contributed by atoms with Crippen LogP contribution >= 0.6 is 0 Å². The Morgan fingerprint density at radius 2 is 1.85 bits per heavy atom. The van der Waals surface area contributed by atoms with Gasteiger partial charge in [0.2, 0.25) is 0 Å². The normalized spacial score (nSPS) is 11.7. The Morgan fingerprint density at radius 1 is 1.15 bits per heavy atom. The number of benzene rings is 2. The van der Waals surface area contributed by atoms with E-state index in [4.69, 9.17) is 20.0 Å². The van der Waals surface area contributed by atoms with Crippen LogP contribution in [-0.4, -0.2) is 24.1 Å². The lowest BCUT2D eigenvalue weighted by molar-refractivity contribution is 0.103. The van der Waals surface area contributed by atoms with Crippen molar-refractivity contribution in [2.75, 3.05) is 18.9 Å². The Morgan fingerprint density at radius 3 is 2.48 bits per heavy atom. The standard InChI is InChI=1S/C22H25NO4/c1-22(2,3)21-19(17-13-15(23)7-10-18(17)27-21)20(25)14-5-8-16(9-6-14)26-12-4-11-24/h5-10,13,24H,4,11-12,23H2,1-3H3. The molecular weight excluding hydrogens is 342 g/mol. The third kappa shape index (κ3) is 3.98. The van der Waals surface area contributed by atoms with Crippen LogP contribution in [0.2, 0.25) is 0 Å². The number of ether oxygens (including phenoxy) is 1. The van der Waals surface area contributed by atoms with Crippen molar-refractivity contribution >= 4 is 22.4 Å². The maximum atomic E-state index is 13.3. The Labute approximate surface area is 158 Å². The zero-order valence-corrected chi connectivity index (χ0v) is 15.9. The van der Waals surface area contributed by atoms with Gasteiger partial charge in [-0.15, -0.1) is 0 Å². The Balaban J connectivity index is 2.01. The predicted molar refractivity (Wildman–Crippen MR) is 106 cm³/mol. The van der Waals surface area contributed by atoms with Gasteiger partial charge in [0.15, 0.2) is 5.78 Å². The number of furan rings is 1. The first-order valence-electron chi connectivity index (χ1n) is 9.02. The number of hydrogen-bond donors (Lipinski definition) is 2. The number of rotatable bonds is 6. The van der Waals surface area contributed by atoms with E-state index in [0.29, 0.717) is 46.9 Å². The largest absolute Gasteiger partial charge is 0.494 e. The van der Waals surface area contributed by atoms with Crippen molar-refractivity contribution in [2.24, 2.45) is 0 Å². The van der Waals surface area contributed by atoms with Gasteiger partial charge in [0.1, 0.15) is 17.1 Å². The highest BCUT2D eigenvalue weighted by Gasteiger charge is 2.29. The molecule has 0 fully saturated rings. The number of fused-ring (bicyclic) bond motifs is 1. The third-order valence-corrected chi connectivity index (χ3v) is 4.31. The molecule has 142 valence electrons. The summed E-state index contributed by atoms with van der Waals surface area (Å²) in [6.07, 6.45) is 0.568. The van der Waals surface area contributed by atoms with E-state index in [1.165, 1.54) is 0 Å². The molecule has 0 aliphatic heterocycles. The first-order valence-corrected chi connectivity index (χ1v) is 9.02. The monoisotopic (exact) mass is 367 g/mol. The zero-order chi connectivity index (χ0) is 19.6. The van der Waals surface area contributed by atoms with E-state index < -0.39 is 0 Å². The van der Waals surface area contributed by atoms with Crippen LogP contribution < -0.4 is 10.5 Å². The van der Waals surface area contributed by atoms with Crippen molar-refractivity contribution in [3.63, 3.8) is 0 Å². The van der Waals surface area contributed by atoms with E-state index in [1.54, 1.807) is 42.5 Å². The van der Waals surface area contributed by atoms with Gasteiger partial charge in [-0.05, 0) is 42.5 Å². The molecule has 5 nitrogen and oxygen atoms in total. The highest BCUT2D eigenvalue weighted by atomic mass is 16.5. The minimum absolute atomic E-state index is 0.0862. The second kappa shape index (κ2) is 7.45. The van der Waals surface area contributed by atoms with Gasteiger partial charge in [0.25, 0.3) is 0 Å². The summed E-state index contributed by atoms with van der Waals surface area (Å²) >= 11 is 0. The molecule has 0 atom stereocenters. The summed E-state index contributed by atoms with van der Waals surface area (Å²) in [4.78, 5) is 13.3. The number of nitrogen functional groups attached to an aromatic ring is 1. The molecule has 0 spiro atoms. The summed E-state index contributed by atoms with van der Waals surface area (Å²) in [6, 6.07) is 12.4. The lowest BCUT2D eigenvalue weighted by atomic mass is 9.87. The van der Waals surface area contributed by atoms with Crippen LogP contribution in [0.3, 0.4) is 0 Å². The highest BCUT2D eigenvalue weighted by molar-refractivity contribution is 6.17. The molecule has 3 N–H and O–H groups in total. The maximum absolute atomic E-state index is 13.3. The van der Waals surface area contributed by atoms with Crippen LogP contribution in [0.15, 0.2) is 46.9 Å². The molecule has 1 aromatic heterocycles. The first-order chi connectivity index (χ1) is 12.8. The molecule has 3 aromatic rings. The molecule has 0 unspecified atom stereocenters. The van der Waals surface area contributed by atoms with E-state index in [0.717, 1.165) is 5.39 Å². The third-order valence-electron chi connectivity index (χ3n) is 4.31. The molecule has 2 aromatic carbocycles. The molecule has 0 bridgehead atoms. The molecular formula is C22H25NO4. The molecule has 0 amide bonds.